The van der Waals surface area contributed by atoms with E-state index >= 15 is 0 Å². The van der Waals surface area contributed by atoms with Crippen LogP contribution in [-0.2, 0) is 0 Å². The van der Waals surface area contributed by atoms with E-state index in [1.165, 1.54) is 41.5 Å². The molecule has 0 saturated heterocycles. The average molecular weight is 275 g/mol. The van der Waals surface area contributed by atoms with Gasteiger partial charge in [-0.05, 0) is 69.2 Å². The largest absolute Gasteiger partial charge is 0.308 e. The summed E-state index contributed by atoms with van der Waals surface area (Å²) in [7, 11) is 0. The van der Waals surface area contributed by atoms with Gasteiger partial charge in [0.05, 0.1) is 0 Å². The molecule has 2 unspecified atom stereocenters. The molecule has 1 rings (SSSR count). The van der Waals surface area contributed by atoms with Gasteiger partial charge in [0.25, 0.3) is 0 Å². The van der Waals surface area contributed by atoms with Crippen molar-refractivity contribution >= 4 is 0 Å². The van der Waals surface area contributed by atoms with Gasteiger partial charge in [0.15, 0.2) is 0 Å². The Balaban J connectivity index is 2.58. The maximum absolute atomic E-state index is 3.76. The van der Waals surface area contributed by atoms with Crippen molar-refractivity contribution in [1.29, 1.82) is 0 Å². The molecule has 2 atom stereocenters. The second kappa shape index (κ2) is 7.83. The van der Waals surface area contributed by atoms with Crippen molar-refractivity contribution in [2.24, 2.45) is 5.92 Å². The van der Waals surface area contributed by atoms with Gasteiger partial charge in [-0.3, -0.25) is 0 Å². The minimum Gasteiger partial charge on any atom is -0.308 e. The summed E-state index contributed by atoms with van der Waals surface area (Å²) in [4.78, 5) is 0. The zero-order valence-electron chi connectivity index (χ0n) is 14.5. The Bertz CT molecular complexity index is 420. The quantitative estimate of drug-likeness (QED) is 0.695. The van der Waals surface area contributed by atoms with E-state index in [-0.39, 0.29) is 0 Å². The third kappa shape index (κ3) is 5.28. The fourth-order valence-electron chi connectivity index (χ4n) is 2.88. The zero-order valence-corrected chi connectivity index (χ0v) is 14.5. The van der Waals surface area contributed by atoms with Gasteiger partial charge in [0.1, 0.15) is 0 Å². The van der Waals surface area contributed by atoms with Gasteiger partial charge >= 0.3 is 0 Å². The Morgan fingerprint density at radius 1 is 0.850 bits per heavy atom. The smallest absolute Gasteiger partial charge is 0.0296 e. The summed E-state index contributed by atoms with van der Waals surface area (Å²) < 4.78 is 0. The molecular formula is C19H33N. The normalized spacial score (nSPS) is 14.6. The molecule has 0 aliphatic rings. The van der Waals surface area contributed by atoms with Crippen molar-refractivity contribution < 1.29 is 0 Å². The number of benzene rings is 1. The molecule has 0 amide bonds. The Labute approximate surface area is 126 Å². The standard InChI is InChI=1S/C19H33N/c1-13(2)9-8-10-17(6)20-18(7)19-12-15(4)14(3)11-16(19)5/h11-13,17-18,20H,8-10H2,1-7H3. The topological polar surface area (TPSA) is 12.0 Å². The molecule has 1 heteroatoms. The van der Waals surface area contributed by atoms with Gasteiger partial charge in [0.2, 0.25) is 0 Å². The van der Waals surface area contributed by atoms with E-state index in [1.54, 1.807) is 0 Å². The second-order valence-corrected chi connectivity index (χ2v) is 6.91. The lowest BCUT2D eigenvalue weighted by Gasteiger charge is -2.23. The second-order valence-electron chi connectivity index (χ2n) is 6.91. The summed E-state index contributed by atoms with van der Waals surface area (Å²) in [6.07, 6.45) is 3.93. The van der Waals surface area contributed by atoms with Crippen LogP contribution in [0.3, 0.4) is 0 Å². The van der Waals surface area contributed by atoms with E-state index in [1.807, 2.05) is 0 Å². The van der Waals surface area contributed by atoms with Crippen LogP contribution in [0, 0.1) is 26.7 Å². The van der Waals surface area contributed by atoms with Crippen molar-refractivity contribution in [3.8, 4) is 0 Å². The molecule has 0 aliphatic carbocycles. The maximum Gasteiger partial charge on any atom is 0.0296 e. The number of rotatable bonds is 7. The van der Waals surface area contributed by atoms with Crippen molar-refractivity contribution in [3.05, 3.63) is 34.4 Å². The van der Waals surface area contributed by atoms with Gasteiger partial charge in [-0.1, -0.05) is 38.8 Å². The Hall–Kier alpha value is -0.820. The van der Waals surface area contributed by atoms with Gasteiger partial charge in [-0.2, -0.15) is 0 Å². The molecule has 0 aromatic heterocycles. The highest BCUT2D eigenvalue weighted by Gasteiger charge is 2.12. The van der Waals surface area contributed by atoms with Gasteiger partial charge in [0, 0.05) is 12.1 Å². The van der Waals surface area contributed by atoms with Crippen LogP contribution in [0.5, 0.6) is 0 Å². The first-order valence-corrected chi connectivity index (χ1v) is 8.15. The Kier molecular flexibility index (Phi) is 6.75. The molecule has 0 bridgehead atoms. The predicted octanol–water partition coefficient (Wildman–Crippen LogP) is 5.48. The van der Waals surface area contributed by atoms with Crippen LogP contribution in [0.25, 0.3) is 0 Å². The molecule has 20 heavy (non-hydrogen) atoms. The van der Waals surface area contributed by atoms with Crippen LogP contribution >= 0.6 is 0 Å². The lowest BCUT2D eigenvalue weighted by molar-refractivity contribution is 0.423. The number of nitrogens with one attached hydrogen (secondary N) is 1. The van der Waals surface area contributed by atoms with Crippen LogP contribution in [0.15, 0.2) is 12.1 Å². The van der Waals surface area contributed by atoms with Crippen molar-refractivity contribution in [2.75, 3.05) is 0 Å². The Morgan fingerprint density at radius 3 is 2.05 bits per heavy atom. The van der Waals surface area contributed by atoms with Crippen molar-refractivity contribution in [1.82, 2.24) is 5.32 Å². The van der Waals surface area contributed by atoms with Crippen LogP contribution in [0.2, 0.25) is 0 Å². The molecule has 0 aliphatic heterocycles. The fourth-order valence-corrected chi connectivity index (χ4v) is 2.88. The van der Waals surface area contributed by atoms with Gasteiger partial charge < -0.3 is 5.32 Å². The summed E-state index contributed by atoms with van der Waals surface area (Å²) in [5, 5.41) is 3.76. The Morgan fingerprint density at radius 2 is 1.45 bits per heavy atom. The van der Waals surface area contributed by atoms with Crippen LogP contribution < -0.4 is 5.32 Å². The molecule has 114 valence electrons. The molecule has 0 spiro atoms. The van der Waals surface area contributed by atoms with E-state index in [0.29, 0.717) is 12.1 Å². The first-order chi connectivity index (χ1) is 9.31. The van der Waals surface area contributed by atoms with Gasteiger partial charge in [-0.25, -0.2) is 0 Å². The molecule has 0 fully saturated rings. The van der Waals surface area contributed by atoms with Crippen molar-refractivity contribution in [2.45, 2.75) is 79.8 Å². The number of hydrogen-bond acceptors (Lipinski definition) is 1. The van der Waals surface area contributed by atoms with Crippen molar-refractivity contribution in [3.63, 3.8) is 0 Å². The van der Waals surface area contributed by atoms with E-state index < -0.39 is 0 Å². The zero-order chi connectivity index (χ0) is 15.3. The minimum atomic E-state index is 0.434. The molecule has 1 nitrogen and oxygen atoms in total. The molecule has 0 heterocycles. The lowest BCUT2D eigenvalue weighted by atomic mass is 9.95. The average Bonchev–Trinajstić information content (AvgIpc) is 2.33. The molecule has 1 aromatic carbocycles. The third-order valence-corrected chi connectivity index (χ3v) is 4.30. The summed E-state index contributed by atoms with van der Waals surface area (Å²) in [5.41, 5.74) is 5.64. The van der Waals surface area contributed by atoms with E-state index in [4.69, 9.17) is 0 Å². The summed E-state index contributed by atoms with van der Waals surface area (Å²) >= 11 is 0. The van der Waals surface area contributed by atoms with E-state index in [9.17, 15) is 0 Å². The van der Waals surface area contributed by atoms with Gasteiger partial charge in [-0.15, -0.1) is 0 Å². The van der Waals surface area contributed by atoms with E-state index in [2.05, 4.69) is 65.9 Å². The molecule has 0 saturated carbocycles. The highest BCUT2D eigenvalue weighted by molar-refractivity contribution is 5.38. The molecule has 0 radical (unpaired) electrons. The minimum absolute atomic E-state index is 0.434. The predicted molar refractivity (Wildman–Crippen MR) is 90.4 cm³/mol. The highest BCUT2D eigenvalue weighted by atomic mass is 14.9. The molecule has 1 N–H and O–H groups in total. The summed E-state index contributed by atoms with van der Waals surface area (Å²) in [6.45, 7) is 15.8. The third-order valence-electron chi connectivity index (χ3n) is 4.30. The van der Waals surface area contributed by atoms with E-state index in [0.717, 1.165) is 5.92 Å². The monoisotopic (exact) mass is 275 g/mol. The first kappa shape index (κ1) is 17.2. The van der Waals surface area contributed by atoms with Crippen LogP contribution in [-0.4, -0.2) is 6.04 Å². The fraction of sp³-hybridized carbons (Fsp3) is 0.684. The summed E-state index contributed by atoms with van der Waals surface area (Å²) in [6, 6.07) is 5.68. The first-order valence-electron chi connectivity index (χ1n) is 8.15. The summed E-state index contributed by atoms with van der Waals surface area (Å²) in [5.74, 6) is 0.821. The lowest BCUT2D eigenvalue weighted by Crippen LogP contribution is -2.29. The SMILES string of the molecule is Cc1cc(C)c(C(C)NC(C)CCCC(C)C)cc1C. The highest BCUT2D eigenvalue weighted by Crippen LogP contribution is 2.22. The molecule has 1 aromatic rings. The number of aryl methyl sites for hydroxylation is 3. The molecular weight excluding hydrogens is 242 g/mol. The maximum atomic E-state index is 3.76. The van der Waals surface area contributed by atoms with Crippen LogP contribution in [0.4, 0.5) is 0 Å². The van der Waals surface area contributed by atoms with Crippen LogP contribution in [0.1, 0.15) is 75.3 Å². The number of hydrogen-bond donors (Lipinski definition) is 1.